The van der Waals surface area contributed by atoms with Crippen molar-refractivity contribution in [1.82, 2.24) is 19.3 Å². The van der Waals surface area contributed by atoms with Crippen molar-refractivity contribution in [3.05, 3.63) is 81.1 Å². The molecule has 0 amide bonds. The number of nitrogens with zero attached hydrogens (tertiary/aromatic N) is 4. The van der Waals surface area contributed by atoms with Gasteiger partial charge in [0.25, 0.3) is 5.56 Å². The van der Waals surface area contributed by atoms with Crippen LogP contribution in [-0.4, -0.2) is 25.4 Å². The SMILES string of the molecule is CC(C)Nc1c(-c2ccc3nn(C)cc3c2)c(=O)n(-c2ccc(Cl)cc2)c2nc(Cl)c(F)cc12. The van der Waals surface area contributed by atoms with E-state index in [-0.39, 0.29) is 22.4 Å². The van der Waals surface area contributed by atoms with Gasteiger partial charge in [-0.05, 0) is 61.9 Å². The van der Waals surface area contributed by atoms with Gasteiger partial charge in [-0.1, -0.05) is 29.3 Å². The molecule has 5 rings (SSSR count). The first-order valence-electron chi connectivity index (χ1n) is 10.6. The maximum Gasteiger partial charge on any atom is 0.266 e. The highest BCUT2D eigenvalue weighted by atomic mass is 35.5. The molecule has 9 heteroatoms. The number of benzene rings is 2. The summed E-state index contributed by atoms with van der Waals surface area (Å²) in [5, 5.41) is 9.29. The number of rotatable bonds is 4. The van der Waals surface area contributed by atoms with Crippen molar-refractivity contribution < 1.29 is 4.39 Å². The number of halogens is 3. The summed E-state index contributed by atoms with van der Waals surface area (Å²) in [4.78, 5) is 18.4. The molecule has 0 aliphatic heterocycles. The smallest absolute Gasteiger partial charge is 0.266 e. The van der Waals surface area contributed by atoms with E-state index in [1.165, 1.54) is 10.6 Å². The van der Waals surface area contributed by atoms with Crippen LogP contribution in [0.25, 0.3) is 38.8 Å². The minimum atomic E-state index is -0.670. The van der Waals surface area contributed by atoms with E-state index < -0.39 is 5.82 Å². The molecule has 6 nitrogen and oxygen atoms in total. The molecular weight excluding hydrogens is 476 g/mol. The fourth-order valence-corrected chi connectivity index (χ4v) is 4.36. The van der Waals surface area contributed by atoms with E-state index >= 15 is 0 Å². The topological polar surface area (TPSA) is 64.7 Å². The van der Waals surface area contributed by atoms with Gasteiger partial charge in [0.1, 0.15) is 0 Å². The molecule has 172 valence electrons. The number of fused-ring (bicyclic) bond motifs is 2. The summed E-state index contributed by atoms with van der Waals surface area (Å²) < 4.78 is 17.8. The maximum atomic E-state index is 14.7. The Morgan fingerprint density at radius 1 is 1.06 bits per heavy atom. The minimum Gasteiger partial charge on any atom is -0.382 e. The number of anilines is 1. The number of aromatic nitrogens is 4. The van der Waals surface area contributed by atoms with Crippen LogP contribution < -0.4 is 10.9 Å². The largest absolute Gasteiger partial charge is 0.382 e. The lowest BCUT2D eigenvalue weighted by Crippen LogP contribution is -2.25. The van der Waals surface area contributed by atoms with E-state index in [9.17, 15) is 9.18 Å². The van der Waals surface area contributed by atoms with Gasteiger partial charge in [0.2, 0.25) is 0 Å². The second kappa shape index (κ2) is 8.42. The lowest BCUT2D eigenvalue weighted by atomic mass is 10.0. The summed E-state index contributed by atoms with van der Waals surface area (Å²) in [6.07, 6.45) is 1.88. The average molecular weight is 496 g/mol. The molecule has 0 saturated carbocycles. The fraction of sp³-hybridized carbons (Fsp3) is 0.160. The summed E-state index contributed by atoms with van der Waals surface area (Å²) in [5.41, 5.74) is 2.83. The van der Waals surface area contributed by atoms with Crippen molar-refractivity contribution in [3.8, 4) is 16.8 Å². The molecule has 0 unspecified atom stereocenters. The van der Waals surface area contributed by atoms with E-state index in [1.54, 1.807) is 28.9 Å². The Bertz CT molecular complexity index is 1620. The zero-order valence-corrected chi connectivity index (χ0v) is 20.1. The van der Waals surface area contributed by atoms with E-state index in [0.29, 0.717) is 32.9 Å². The number of nitrogens with one attached hydrogen (secondary N) is 1. The van der Waals surface area contributed by atoms with Crippen LogP contribution in [0.4, 0.5) is 10.1 Å². The summed E-state index contributed by atoms with van der Waals surface area (Å²) in [6, 6.07) is 13.7. The Balaban J connectivity index is 1.94. The van der Waals surface area contributed by atoms with Gasteiger partial charge in [0, 0.05) is 35.1 Å². The number of pyridine rings is 2. The Morgan fingerprint density at radius 2 is 1.79 bits per heavy atom. The van der Waals surface area contributed by atoms with Crippen LogP contribution in [0, 0.1) is 5.82 Å². The molecule has 0 fully saturated rings. The Morgan fingerprint density at radius 3 is 2.50 bits per heavy atom. The first-order valence-corrected chi connectivity index (χ1v) is 11.4. The lowest BCUT2D eigenvalue weighted by Gasteiger charge is -2.21. The third kappa shape index (κ3) is 3.81. The maximum absolute atomic E-state index is 14.7. The van der Waals surface area contributed by atoms with Crippen LogP contribution in [-0.2, 0) is 7.05 Å². The van der Waals surface area contributed by atoms with Gasteiger partial charge in [0.15, 0.2) is 16.6 Å². The fourth-order valence-electron chi connectivity index (χ4n) is 4.10. The summed E-state index contributed by atoms with van der Waals surface area (Å²) >= 11 is 12.1. The second-order valence-electron chi connectivity index (χ2n) is 8.37. The Hall–Kier alpha value is -3.42. The third-order valence-electron chi connectivity index (χ3n) is 5.49. The predicted molar refractivity (Wildman–Crippen MR) is 136 cm³/mol. The first-order chi connectivity index (χ1) is 16.2. The number of hydrogen-bond acceptors (Lipinski definition) is 4. The first kappa shape index (κ1) is 22.4. The summed E-state index contributed by atoms with van der Waals surface area (Å²) in [6.45, 7) is 3.90. The summed E-state index contributed by atoms with van der Waals surface area (Å²) in [7, 11) is 1.84. The number of hydrogen-bond donors (Lipinski definition) is 1. The zero-order chi connectivity index (χ0) is 24.1. The lowest BCUT2D eigenvalue weighted by molar-refractivity contribution is 0.624. The normalized spacial score (nSPS) is 11.6. The molecule has 1 N–H and O–H groups in total. The van der Waals surface area contributed by atoms with Crippen molar-refractivity contribution in [2.75, 3.05) is 5.32 Å². The van der Waals surface area contributed by atoms with E-state index in [1.807, 2.05) is 45.3 Å². The van der Waals surface area contributed by atoms with Crippen LogP contribution >= 0.6 is 23.2 Å². The molecule has 0 aliphatic carbocycles. The molecule has 0 atom stereocenters. The van der Waals surface area contributed by atoms with E-state index in [4.69, 9.17) is 23.2 Å². The molecule has 0 saturated heterocycles. The molecule has 3 heterocycles. The zero-order valence-electron chi connectivity index (χ0n) is 18.6. The molecule has 0 radical (unpaired) electrons. The van der Waals surface area contributed by atoms with Crippen LogP contribution in [0.3, 0.4) is 0 Å². The molecule has 0 spiro atoms. The highest BCUT2D eigenvalue weighted by Gasteiger charge is 2.23. The van der Waals surface area contributed by atoms with E-state index in [2.05, 4.69) is 15.4 Å². The van der Waals surface area contributed by atoms with Gasteiger partial charge in [-0.15, -0.1) is 0 Å². The van der Waals surface area contributed by atoms with Gasteiger partial charge in [-0.3, -0.25) is 14.0 Å². The Kier molecular flexibility index (Phi) is 5.54. The predicted octanol–water partition coefficient (Wildman–Crippen LogP) is 6.21. The summed E-state index contributed by atoms with van der Waals surface area (Å²) in [5.74, 6) is -0.670. The van der Waals surface area contributed by atoms with Gasteiger partial charge in [0.05, 0.1) is 22.5 Å². The van der Waals surface area contributed by atoms with Crippen LogP contribution in [0.5, 0.6) is 0 Å². The molecule has 2 aromatic carbocycles. The monoisotopic (exact) mass is 495 g/mol. The second-order valence-corrected chi connectivity index (χ2v) is 9.17. The van der Waals surface area contributed by atoms with Gasteiger partial charge in [-0.2, -0.15) is 5.10 Å². The highest BCUT2D eigenvalue weighted by molar-refractivity contribution is 6.30. The molecule has 0 bridgehead atoms. The van der Waals surface area contributed by atoms with Crippen LogP contribution in [0.15, 0.2) is 59.5 Å². The third-order valence-corrected chi connectivity index (χ3v) is 6.00. The van der Waals surface area contributed by atoms with Crippen LogP contribution in [0.1, 0.15) is 13.8 Å². The van der Waals surface area contributed by atoms with Gasteiger partial charge >= 0.3 is 0 Å². The standard InChI is InChI=1S/C25H20Cl2FN5O/c1-13(2)29-22-18-11-19(28)23(27)30-24(18)33(17-7-5-16(26)6-8-17)25(34)21(22)14-4-9-20-15(10-14)12-32(3)31-20/h4-13,29H,1-3H3. The molecule has 5 aromatic rings. The van der Waals surface area contributed by atoms with Gasteiger partial charge in [-0.25, -0.2) is 9.37 Å². The van der Waals surface area contributed by atoms with Crippen LogP contribution in [0.2, 0.25) is 10.2 Å². The quantitative estimate of drug-likeness (QED) is 0.301. The van der Waals surface area contributed by atoms with Gasteiger partial charge < -0.3 is 5.32 Å². The highest BCUT2D eigenvalue weighted by Crippen LogP contribution is 2.35. The Labute approximate surface area is 204 Å². The van der Waals surface area contributed by atoms with E-state index in [0.717, 1.165) is 10.9 Å². The molecule has 34 heavy (non-hydrogen) atoms. The molecule has 0 aliphatic rings. The molecule has 3 aromatic heterocycles. The van der Waals surface area contributed by atoms with Crippen molar-refractivity contribution in [2.45, 2.75) is 19.9 Å². The molecular formula is C25H20Cl2FN5O. The van der Waals surface area contributed by atoms with Crippen molar-refractivity contribution in [3.63, 3.8) is 0 Å². The number of aryl methyl sites for hydroxylation is 1. The van der Waals surface area contributed by atoms with Crippen molar-refractivity contribution >= 4 is 50.8 Å². The van der Waals surface area contributed by atoms with Crippen molar-refractivity contribution in [2.24, 2.45) is 7.05 Å². The minimum absolute atomic E-state index is 0.0337. The average Bonchev–Trinajstić information content (AvgIpc) is 3.15. The van der Waals surface area contributed by atoms with Crippen molar-refractivity contribution in [1.29, 1.82) is 0 Å².